The van der Waals surface area contributed by atoms with E-state index < -0.39 is 23.7 Å². The fraction of sp³-hybridized carbons (Fsp3) is 0.0476. The van der Waals surface area contributed by atoms with Crippen molar-refractivity contribution in [3.63, 3.8) is 0 Å². The number of rotatable bonds is 4. The number of amides is 3. The van der Waals surface area contributed by atoms with Gasteiger partial charge in [-0.15, -0.1) is 0 Å². The van der Waals surface area contributed by atoms with Gasteiger partial charge in [-0.05, 0) is 54.6 Å². The lowest BCUT2D eigenvalue weighted by molar-refractivity contribution is -0.137. The molecule has 3 rings (SSSR count). The number of nitrogens with one attached hydrogen (secondary N) is 3. The normalized spacial score (nSPS) is 10.9. The summed E-state index contributed by atoms with van der Waals surface area (Å²) in [6.45, 7) is 0. The maximum Gasteiger partial charge on any atom is 0.416 e. The van der Waals surface area contributed by atoms with Gasteiger partial charge in [-0.1, -0.05) is 29.8 Å². The number of alkyl halides is 3. The number of hydrogen-bond donors (Lipinski definition) is 3. The number of anilines is 3. The molecule has 0 atom stereocenters. The van der Waals surface area contributed by atoms with E-state index >= 15 is 0 Å². The first kappa shape index (κ1) is 21.2. The second-order valence-corrected chi connectivity index (χ2v) is 6.64. The molecule has 3 amide bonds. The number of hydrogen-bond acceptors (Lipinski definition) is 2. The average molecular weight is 434 g/mol. The zero-order chi connectivity index (χ0) is 21.7. The summed E-state index contributed by atoms with van der Waals surface area (Å²) in [5.74, 6) is -0.617. The van der Waals surface area contributed by atoms with E-state index in [-0.39, 0.29) is 11.3 Å². The van der Waals surface area contributed by atoms with Crippen LogP contribution >= 0.6 is 11.6 Å². The molecular formula is C21H15ClF3N3O2. The van der Waals surface area contributed by atoms with Crippen molar-refractivity contribution in [3.05, 3.63) is 88.9 Å². The highest BCUT2D eigenvalue weighted by molar-refractivity contribution is 6.30. The lowest BCUT2D eigenvalue weighted by atomic mass is 10.1. The van der Waals surface area contributed by atoms with Gasteiger partial charge in [0.05, 0.1) is 5.56 Å². The van der Waals surface area contributed by atoms with Gasteiger partial charge in [0.15, 0.2) is 0 Å². The molecule has 0 aliphatic heterocycles. The summed E-state index contributed by atoms with van der Waals surface area (Å²) in [6, 6.07) is 16.3. The van der Waals surface area contributed by atoms with Crippen molar-refractivity contribution < 1.29 is 22.8 Å². The molecule has 0 saturated carbocycles. The number of benzene rings is 3. The standard InChI is InChI=1S/C21H15ClF3N3O2/c22-15-6-3-9-18(12-15)28-20(30)27-16-7-1-4-13(10-16)19(29)26-17-8-2-5-14(11-17)21(23,24)25/h1-12H,(H,26,29)(H2,27,28,30). The van der Waals surface area contributed by atoms with Gasteiger partial charge in [-0.3, -0.25) is 4.79 Å². The highest BCUT2D eigenvalue weighted by Crippen LogP contribution is 2.30. The predicted octanol–water partition coefficient (Wildman–Crippen LogP) is 6.26. The smallest absolute Gasteiger partial charge is 0.322 e. The molecule has 0 bridgehead atoms. The third-order valence-electron chi connectivity index (χ3n) is 3.91. The molecule has 0 saturated heterocycles. The maximum atomic E-state index is 12.8. The Morgan fingerprint density at radius 1 is 0.733 bits per heavy atom. The van der Waals surface area contributed by atoms with Gasteiger partial charge < -0.3 is 16.0 Å². The fourth-order valence-electron chi connectivity index (χ4n) is 2.57. The van der Waals surface area contributed by atoms with E-state index in [1.165, 1.54) is 30.3 Å². The molecule has 154 valence electrons. The van der Waals surface area contributed by atoms with Gasteiger partial charge in [0, 0.05) is 27.6 Å². The molecule has 5 nitrogen and oxygen atoms in total. The van der Waals surface area contributed by atoms with Crippen LogP contribution in [0.3, 0.4) is 0 Å². The molecule has 3 N–H and O–H groups in total. The van der Waals surface area contributed by atoms with Crippen molar-refractivity contribution in [2.75, 3.05) is 16.0 Å². The molecule has 30 heavy (non-hydrogen) atoms. The Bertz CT molecular complexity index is 1090. The van der Waals surface area contributed by atoms with Crippen molar-refractivity contribution >= 4 is 40.6 Å². The Morgan fingerprint density at radius 2 is 1.30 bits per heavy atom. The largest absolute Gasteiger partial charge is 0.416 e. The van der Waals surface area contributed by atoms with E-state index in [0.717, 1.165) is 12.1 Å². The molecule has 3 aromatic rings. The van der Waals surface area contributed by atoms with Crippen LogP contribution in [0.1, 0.15) is 15.9 Å². The lowest BCUT2D eigenvalue weighted by Gasteiger charge is -2.11. The number of carbonyl (C=O) groups excluding carboxylic acids is 2. The first-order valence-electron chi connectivity index (χ1n) is 8.63. The summed E-state index contributed by atoms with van der Waals surface area (Å²) >= 11 is 5.87. The Hall–Kier alpha value is -3.52. The zero-order valence-corrected chi connectivity index (χ0v) is 16.0. The van der Waals surface area contributed by atoms with Gasteiger partial charge >= 0.3 is 12.2 Å². The molecule has 0 spiro atoms. The highest BCUT2D eigenvalue weighted by Gasteiger charge is 2.30. The zero-order valence-electron chi connectivity index (χ0n) is 15.3. The second-order valence-electron chi connectivity index (χ2n) is 6.20. The summed E-state index contributed by atoms with van der Waals surface area (Å²) in [4.78, 5) is 24.5. The molecule has 9 heteroatoms. The molecule has 0 aromatic heterocycles. The summed E-state index contributed by atoms with van der Waals surface area (Å²) in [5.41, 5.74) is 0.109. The Balaban J connectivity index is 1.67. The molecule has 0 fully saturated rings. The van der Waals surface area contributed by atoms with Gasteiger partial charge in [-0.25, -0.2) is 4.79 Å². The van der Waals surface area contributed by atoms with Crippen LogP contribution in [0.2, 0.25) is 5.02 Å². The van der Waals surface area contributed by atoms with Crippen LogP contribution in [0.25, 0.3) is 0 Å². The van der Waals surface area contributed by atoms with Gasteiger partial charge in [-0.2, -0.15) is 13.2 Å². The van der Waals surface area contributed by atoms with Crippen LogP contribution in [-0.4, -0.2) is 11.9 Å². The van der Waals surface area contributed by atoms with Gasteiger partial charge in [0.2, 0.25) is 0 Å². The third-order valence-corrected chi connectivity index (χ3v) is 4.15. The van der Waals surface area contributed by atoms with Crippen LogP contribution in [0.4, 0.5) is 35.0 Å². The Morgan fingerprint density at radius 3 is 1.93 bits per heavy atom. The van der Waals surface area contributed by atoms with Crippen LogP contribution in [0.5, 0.6) is 0 Å². The van der Waals surface area contributed by atoms with Gasteiger partial charge in [0.1, 0.15) is 0 Å². The molecule has 0 aliphatic rings. The average Bonchev–Trinajstić information content (AvgIpc) is 2.67. The molecule has 0 radical (unpaired) electrons. The van der Waals surface area contributed by atoms with E-state index in [4.69, 9.17) is 11.6 Å². The molecule has 0 unspecified atom stereocenters. The van der Waals surface area contributed by atoms with Crippen LogP contribution in [0, 0.1) is 0 Å². The van der Waals surface area contributed by atoms with Crippen molar-refractivity contribution in [3.8, 4) is 0 Å². The minimum atomic E-state index is -4.51. The van der Waals surface area contributed by atoms with E-state index in [0.29, 0.717) is 16.4 Å². The monoisotopic (exact) mass is 433 g/mol. The summed E-state index contributed by atoms with van der Waals surface area (Å²) in [6.07, 6.45) is -4.51. The van der Waals surface area contributed by atoms with E-state index in [2.05, 4.69) is 16.0 Å². The van der Waals surface area contributed by atoms with Crippen molar-refractivity contribution in [1.82, 2.24) is 0 Å². The summed E-state index contributed by atoms with van der Waals surface area (Å²) in [7, 11) is 0. The lowest BCUT2D eigenvalue weighted by Crippen LogP contribution is -2.20. The van der Waals surface area contributed by atoms with E-state index in [9.17, 15) is 22.8 Å². The maximum absolute atomic E-state index is 12.8. The molecule has 3 aromatic carbocycles. The topological polar surface area (TPSA) is 70.2 Å². The van der Waals surface area contributed by atoms with Crippen LogP contribution in [-0.2, 0) is 6.18 Å². The van der Waals surface area contributed by atoms with Crippen molar-refractivity contribution in [2.45, 2.75) is 6.18 Å². The van der Waals surface area contributed by atoms with Crippen LogP contribution in [0.15, 0.2) is 72.8 Å². The van der Waals surface area contributed by atoms with Crippen molar-refractivity contribution in [1.29, 1.82) is 0 Å². The first-order valence-corrected chi connectivity index (χ1v) is 9.01. The summed E-state index contributed by atoms with van der Waals surface area (Å²) < 4.78 is 38.4. The quantitative estimate of drug-likeness (QED) is 0.454. The summed E-state index contributed by atoms with van der Waals surface area (Å²) in [5, 5.41) is 8.05. The second kappa shape index (κ2) is 8.87. The van der Waals surface area contributed by atoms with Crippen LogP contribution < -0.4 is 16.0 Å². The van der Waals surface area contributed by atoms with E-state index in [1.807, 2.05) is 0 Å². The molecular weight excluding hydrogens is 419 g/mol. The Labute approximate surface area is 174 Å². The molecule has 0 aliphatic carbocycles. The number of urea groups is 1. The first-order chi connectivity index (χ1) is 14.2. The van der Waals surface area contributed by atoms with Gasteiger partial charge in [0.25, 0.3) is 5.91 Å². The molecule has 0 heterocycles. The highest BCUT2D eigenvalue weighted by atomic mass is 35.5. The number of carbonyl (C=O) groups is 2. The minimum absolute atomic E-state index is 0.00638. The van der Waals surface area contributed by atoms with Crippen molar-refractivity contribution in [2.24, 2.45) is 0 Å². The SMILES string of the molecule is O=C(Nc1cccc(Cl)c1)Nc1cccc(C(=O)Nc2cccc(C(F)(F)F)c2)c1. The Kier molecular flexibility index (Phi) is 6.27. The predicted molar refractivity (Wildman–Crippen MR) is 110 cm³/mol. The fourth-order valence-corrected chi connectivity index (χ4v) is 2.76. The van der Waals surface area contributed by atoms with E-state index in [1.54, 1.807) is 30.3 Å². The third kappa shape index (κ3) is 5.74. The minimum Gasteiger partial charge on any atom is -0.322 e. The number of halogens is 4.